The maximum Gasteiger partial charge on any atom is 0.308 e. The van der Waals surface area contributed by atoms with Crippen LogP contribution < -0.4 is 4.74 Å². The Morgan fingerprint density at radius 3 is 1.21 bits per heavy atom. The molecule has 112 heavy (non-hydrogen) atoms. The number of hydrogen-bond acceptors (Lipinski definition) is 14. The van der Waals surface area contributed by atoms with Gasteiger partial charge in [0.2, 0.25) is 0 Å². The van der Waals surface area contributed by atoms with Crippen LogP contribution in [-0.4, -0.2) is 91.1 Å². The number of nitrogens with zero attached hydrogens (tertiary/aromatic N) is 12. The zero-order valence-corrected chi connectivity index (χ0v) is 66.4. The molecule has 0 radical (unpaired) electrons. The SMILES string of the molecule is CC(C)C.CC(C)C.CC(C)C.COc1ccc2cc(C(=O)CC3N=C(c4ccccc4)c4ccccc4-n4c(C)nnc43)[nH]c2c1.Cc1ccc(/C=C/C(=O)CC2N=C(c3ccccc3)c3ccccc3-n3c(C)nnc32)cc1.Cc1nnc2n1-c1ccccc1C(c1ccccc1)=NC2CC(=O)OCc1ccccc1. The molecular weight excluding hydrogens is 1390 g/mol. The molecule has 3 atom stereocenters. The predicted molar refractivity (Wildman–Crippen MR) is 449 cm³/mol. The topological polar surface area (TPSA) is 215 Å². The highest BCUT2D eigenvalue weighted by atomic mass is 16.5. The van der Waals surface area contributed by atoms with E-state index >= 15 is 0 Å². The third kappa shape index (κ3) is 20.4. The molecule has 18 nitrogen and oxygen atoms in total. The fourth-order valence-electron chi connectivity index (χ4n) is 12.8. The molecule has 3 aliphatic rings. The molecule has 13 aromatic rings. The second-order valence-electron chi connectivity index (χ2n) is 29.7. The van der Waals surface area contributed by atoms with Gasteiger partial charge in [-0.3, -0.25) is 43.1 Å². The van der Waals surface area contributed by atoms with Crippen LogP contribution in [0.4, 0.5) is 0 Å². The van der Waals surface area contributed by atoms with Gasteiger partial charge in [-0.25, -0.2) is 0 Å². The van der Waals surface area contributed by atoms with Crippen molar-refractivity contribution in [3.05, 3.63) is 339 Å². The van der Waals surface area contributed by atoms with Crippen molar-refractivity contribution in [1.82, 2.24) is 49.3 Å². The van der Waals surface area contributed by atoms with Crippen molar-refractivity contribution < 1.29 is 23.9 Å². The van der Waals surface area contributed by atoms with Crippen LogP contribution in [0.2, 0.25) is 0 Å². The average molecular weight is 1490 g/mol. The summed E-state index contributed by atoms with van der Waals surface area (Å²) in [4.78, 5) is 57.7. The molecule has 0 bridgehead atoms. The molecule has 0 saturated heterocycles. The first-order valence-corrected chi connectivity index (χ1v) is 38.2. The normalized spacial score (nSPS) is 14.2. The lowest BCUT2D eigenvalue weighted by Crippen LogP contribution is -2.13. The molecule has 7 heterocycles. The van der Waals surface area contributed by atoms with Crippen LogP contribution in [0.15, 0.2) is 264 Å². The van der Waals surface area contributed by atoms with Gasteiger partial charge in [0.1, 0.15) is 48.0 Å². The van der Waals surface area contributed by atoms with Crippen molar-refractivity contribution >= 4 is 51.6 Å². The number of aryl methyl sites for hydroxylation is 4. The van der Waals surface area contributed by atoms with Crippen molar-refractivity contribution in [2.24, 2.45) is 32.7 Å². The van der Waals surface area contributed by atoms with Gasteiger partial charge in [0.25, 0.3) is 0 Å². The van der Waals surface area contributed by atoms with Crippen LogP contribution in [0, 0.1) is 45.4 Å². The molecule has 3 unspecified atom stereocenters. The number of rotatable bonds is 15. The number of nitrogens with one attached hydrogen (secondary N) is 1. The van der Waals surface area contributed by atoms with E-state index < -0.39 is 18.1 Å². The van der Waals surface area contributed by atoms with Gasteiger partial charge in [-0.1, -0.05) is 274 Å². The van der Waals surface area contributed by atoms with Gasteiger partial charge in [-0.15, -0.1) is 30.6 Å². The Morgan fingerprint density at radius 1 is 0.429 bits per heavy atom. The van der Waals surface area contributed by atoms with Gasteiger partial charge in [-0.2, -0.15) is 0 Å². The zero-order valence-electron chi connectivity index (χ0n) is 66.4. The number of aromatic nitrogens is 10. The number of aromatic amines is 1. The molecule has 3 aliphatic heterocycles. The Bertz CT molecular complexity index is 5430. The van der Waals surface area contributed by atoms with E-state index in [1.807, 2.05) is 272 Å². The molecule has 1 N–H and O–H groups in total. The quantitative estimate of drug-likeness (QED) is 0.0579. The monoisotopic (exact) mass is 1490 g/mol. The minimum atomic E-state index is -0.512. The fourth-order valence-corrected chi connectivity index (χ4v) is 12.8. The largest absolute Gasteiger partial charge is 0.497 e. The number of fused-ring (bicyclic) bond motifs is 10. The molecule has 18 heteroatoms. The summed E-state index contributed by atoms with van der Waals surface area (Å²) in [7, 11) is 1.63. The number of methoxy groups -OCH3 is 1. The maximum atomic E-state index is 13.5. The van der Waals surface area contributed by atoms with E-state index in [1.54, 1.807) is 13.2 Å². The number of para-hydroxylation sites is 3. The number of esters is 1. The lowest BCUT2D eigenvalue weighted by Gasteiger charge is -2.12. The molecule has 0 spiro atoms. The first kappa shape index (κ1) is 80.3. The molecule has 570 valence electrons. The summed E-state index contributed by atoms with van der Waals surface area (Å²) in [5, 5.41) is 27.2. The number of ether oxygens (including phenoxy) is 2. The Morgan fingerprint density at radius 2 is 0.804 bits per heavy atom. The number of hydrogen-bond donors (Lipinski definition) is 1. The van der Waals surface area contributed by atoms with Crippen molar-refractivity contribution in [2.75, 3.05) is 7.11 Å². The van der Waals surface area contributed by atoms with Crippen LogP contribution in [0.5, 0.6) is 5.75 Å². The van der Waals surface area contributed by atoms with Gasteiger partial charge in [-0.05, 0) is 99.0 Å². The second kappa shape index (κ2) is 38.1. The molecule has 0 aliphatic carbocycles. The lowest BCUT2D eigenvalue weighted by molar-refractivity contribution is -0.145. The Labute approximate surface area is 657 Å². The number of H-pyrrole nitrogens is 1. The highest BCUT2D eigenvalue weighted by molar-refractivity contribution is 6.17. The van der Waals surface area contributed by atoms with Crippen LogP contribution >= 0.6 is 0 Å². The van der Waals surface area contributed by atoms with Crippen LogP contribution in [0.1, 0.15) is 195 Å². The maximum absolute atomic E-state index is 13.5. The molecule has 16 rings (SSSR count). The van der Waals surface area contributed by atoms with E-state index in [1.165, 1.54) is 5.56 Å². The third-order valence-corrected chi connectivity index (χ3v) is 17.7. The summed E-state index contributed by atoms with van der Waals surface area (Å²) in [6.45, 7) is 27.5. The van der Waals surface area contributed by atoms with E-state index in [0.29, 0.717) is 23.2 Å². The van der Waals surface area contributed by atoms with Crippen molar-refractivity contribution in [3.63, 3.8) is 0 Å². The number of benzene rings is 9. The molecule has 9 aromatic carbocycles. The standard InChI is InChI=1S/C28H23N5O2.C28H24N4O.C26H22N4O2.3C4H10/c1-17-31-32-28-24(16-26(34)23-14-19-12-13-20(35-2)15-22(19)29-23)30-27(18-8-4-3-5-9-18)21-10-6-7-11-25(21)33(17)28;1-19-12-14-21(15-13-19)16-17-23(33)18-25-28-31-30-20(2)32(28)26-11-7-6-10-24(26)27(29-25)22-8-4-3-5-9-22;1-18-28-29-26-22(16-24(31)32-17-19-10-4-2-5-11-19)27-25(20-12-6-3-7-13-20)21-14-8-9-15-23(21)30(18)26;3*1-4(2)3/h3-15,24,29H,16H2,1-2H3;3-17,25H,18H2,1-2H3;2-15,22H,16-17H2,1H3;3*4H,1-3H3/b;17-16+;;;;. The summed E-state index contributed by atoms with van der Waals surface area (Å²) in [6, 6.07) is 78.3. The summed E-state index contributed by atoms with van der Waals surface area (Å²) < 4.78 is 16.9. The minimum Gasteiger partial charge on any atom is -0.497 e. The number of carbonyl (C=O) groups excluding carboxylic acids is 3. The van der Waals surface area contributed by atoms with Gasteiger partial charge in [0.05, 0.1) is 53.4 Å². The van der Waals surface area contributed by atoms with Gasteiger partial charge in [0.15, 0.2) is 29.0 Å². The molecule has 0 fully saturated rings. The summed E-state index contributed by atoms with van der Waals surface area (Å²) >= 11 is 0. The van der Waals surface area contributed by atoms with Crippen molar-refractivity contribution in [3.8, 4) is 22.8 Å². The number of Topliss-reactive ketones (excluding diaryl/α,β-unsaturated/α-hetero) is 1. The number of aliphatic imine (C=N–C) groups is 3. The smallest absolute Gasteiger partial charge is 0.308 e. The van der Waals surface area contributed by atoms with Crippen molar-refractivity contribution in [1.29, 1.82) is 0 Å². The number of carbonyl (C=O) groups is 3. The second-order valence-corrected chi connectivity index (χ2v) is 29.7. The third-order valence-electron chi connectivity index (χ3n) is 17.7. The molecule has 0 saturated carbocycles. The van der Waals surface area contributed by atoms with Crippen LogP contribution in [0.3, 0.4) is 0 Å². The Balaban J connectivity index is 0.000000155. The summed E-state index contributed by atoms with van der Waals surface area (Å²) in [5.74, 6) is 7.12. The molecule has 4 aromatic heterocycles. The summed E-state index contributed by atoms with van der Waals surface area (Å²) in [6.07, 6.45) is 3.94. The lowest BCUT2D eigenvalue weighted by atomic mass is 10.0. The van der Waals surface area contributed by atoms with Crippen LogP contribution in [0.25, 0.3) is 34.0 Å². The molecular formula is C94H99N13O5. The van der Waals surface area contributed by atoms with E-state index in [9.17, 15) is 14.4 Å². The van der Waals surface area contributed by atoms with E-state index in [-0.39, 0.29) is 43.4 Å². The van der Waals surface area contributed by atoms with E-state index in [0.717, 1.165) is 131 Å². The van der Waals surface area contributed by atoms with Crippen LogP contribution in [-0.2, 0) is 20.9 Å². The predicted octanol–water partition coefficient (Wildman–Crippen LogP) is 20.3. The fraction of sp³-hybridized carbons (Fsp3) is 0.255. The number of ketones is 2. The first-order valence-electron chi connectivity index (χ1n) is 38.2. The van der Waals surface area contributed by atoms with Crippen molar-refractivity contribution in [2.45, 2.75) is 134 Å². The summed E-state index contributed by atoms with van der Waals surface area (Å²) in [5.41, 5.74) is 15.9. The average Bonchev–Trinajstić information content (AvgIpc) is 1.63. The van der Waals surface area contributed by atoms with E-state index in [4.69, 9.17) is 24.5 Å². The van der Waals surface area contributed by atoms with Gasteiger partial charge >= 0.3 is 5.97 Å². The number of allylic oxidation sites excluding steroid dienone is 1. The minimum absolute atomic E-state index is 0.00473. The molecule has 0 amide bonds. The highest BCUT2D eigenvalue weighted by Gasteiger charge is 2.33. The van der Waals surface area contributed by atoms with E-state index in [2.05, 4.69) is 116 Å². The van der Waals surface area contributed by atoms with Gasteiger partial charge in [0, 0.05) is 63.2 Å². The zero-order chi connectivity index (χ0) is 79.4. The highest BCUT2D eigenvalue weighted by Crippen LogP contribution is 2.37. The first-order chi connectivity index (χ1) is 54.1. The van der Waals surface area contributed by atoms with Gasteiger partial charge < -0.3 is 14.5 Å². The Hall–Kier alpha value is -12.7. The Kier molecular flexibility index (Phi) is 27.3.